The van der Waals surface area contributed by atoms with Crippen LogP contribution in [0.1, 0.15) is 35.9 Å². The van der Waals surface area contributed by atoms with Crippen molar-refractivity contribution in [3.8, 4) is 0 Å². The number of esters is 1. The number of hydrogen-bond acceptors (Lipinski definition) is 6. The molecule has 0 aliphatic carbocycles. The third-order valence-electron chi connectivity index (χ3n) is 6.79. The number of carbonyl (C=O) groups is 1. The number of thiazole rings is 1. The molecule has 4 heterocycles. The molecule has 0 spiro atoms. The summed E-state index contributed by atoms with van der Waals surface area (Å²) < 4.78 is 9.63. The molecule has 1 atom stereocenters. The van der Waals surface area contributed by atoms with E-state index < -0.39 is 12.0 Å². The molecule has 6 rings (SSSR count). The van der Waals surface area contributed by atoms with Crippen molar-refractivity contribution < 1.29 is 9.53 Å². The topological polar surface area (TPSA) is 65.6 Å². The molecule has 1 aliphatic heterocycles. The van der Waals surface area contributed by atoms with Gasteiger partial charge in [-0.2, -0.15) is 0 Å². The van der Waals surface area contributed by atoms with E-state index in [-0.39, 0.29) is 12.2 Å². The van der Waals surface area contributed by atoms with Gasteiger partial charge in [0, 0.05) is 44.1 Å². The second-order valence-corrected chi connectivity index (χ2v) is 12.1. The molecule has 0 radical (unpaired) electrons. The third kappa shape index (κ3) is 4.75. The van der Waals surface area contributed by atoms with E-state index in [0.717, 1.165) is 26.9 Å². The number of thiophene rings is 1. The Morgan fingerprint density at radius 1 is 1.15 bits per heavy atom. The van der Waals surface area contributed by atoms with Crippen LogP contribution in [-0.4, -0.2) is 21.7 Å². The number of fused-ring (bicyclic) bond motifs is 2. The first-order valence-corrected chi connectivity index (χ1v) is 15.1. The fraction of sp³-hybridized carbons (Fsp3) is 0.167. The van der Waals surface area contributed by atoms with Crippen molar-refractivity contribution in [2.45, 2.75) is 26.4 Å². The lowest BCUT2D eigenvalue weighted by Crippen LogP contribution is -2.39. The Balaban J connectivity index is 1.50. The highest BCUT2D eigenvalue weighted by atomic mass is 35.5. The zero-order valence-corrected chi connectivity index (χ0v) is 24.7. The summed E-state index contributed by atoms with van der Waals surface area (Å²) in [6.07, 6.45) is 3.93. The molecule has 6 nitrogen and oxygen atoms in total. The van der Waals surface area contributed by atoms with Gasteiger partial charge in [0.25, 0.3) is 5.56 Å². The largest absolute Gasteiger partial charge is 0.463 e. The normalized spacial score (nSPS) is 15.4. The minimum atomic E-state index is -0.592. The van der Waals surface area contributed by atoms with Gasteiger partial charge in [-0.25, -0.2) is 9.79 Å². The molecule has 1 aliphatic rings. The average molecular weight is 609 g/mol. The second-order valence-electron chi connectivity index (χ2n) is 9.28. The van der Waals surface area contributed by atoms with E-state index in [9.17, 15) is 9.59 Å². The van der Waals surface area contributed by atoms with Gasteiger partial charge in [-0.3, -0.25) is 9.36 Å². The monoisotopic (exact) mass is 607 g/mol. The van der Waals surface area contributed by atoms with E-state index in [1.807, 2.05) is 66.2 Å². The van der Waals surface area contributed by atoms with Crippen LogP contribution in [0.5, 0.6) is 0 Å². The number of aromatic nitrogens is 2. The van der Waals surface area contributed by atoms with Gasteiger partial charge in [0.1, 0.15) is 6.04 Å². The fourth-order valence-electron chi connectivity index (χ4n) is 5.00. The Kier molecular flexibility index (Phi) is 7.27. The van der Waals surface area contributed by atoms with Crippen molar-refractivity contribution in [1.29, 1.82) is 0 Å². The van der Waals surface area contributed by atoms with Gasteiger partial charge < -0.3 is 9.30 Å². The van der Waals surface area contributed by atoms with E-state index in [4.69, 9.17) is 27.9 Å². The Morgan fingerprint density at radius 3 is 2.73 bits per heavy atom. The van der Waals surface area contributed by atoms with Crippen molar-refractivity contribution >= 4 is 68.8 Å². The van der Waals surface area contributed by atoms with Gasteiger partial charge in [-0.05, 0) is 55.1 Å². The summed E-state index contributed by atoms with van der Waals surface area (Å²) in [6, 6.07) is 16.8. The molecule has 202 valence electrons. The van der Waals surface area contributed by atoms with Crippen molar-refractivity contribution in [3.05, 3.63) is 123 Å². The summed E-state index contributed by atoms with van der Waals surface area (Å²) in [5.74, 6) is -0.458. The van der Waals surface area contributed by atoms with Crippen LogP contribution >= 0.6 is 45.9 Å². The maximum Gasteiger partial charge on any atom is 0.338 e. The Hall–Kier alpha value is -3.43. The van der Waals surface area contributed by atoms with E-state index in [0.29, 0.717) is 37.2 Å². The molecule has 0 saturated heterocycles. The molecule has 0 N–H and O–H groups in total. The molecule has 0 bridgehead atoms. The molecule has 0 fully saturated rings. The van der Waals surface area contributed by atoms with Crippen LogP contribution < -0.4 is 14.9 Å². The summed E-state index contributed by atoms with van der Waals surface area (Å²) in [5.41, 5.74) is 3.61. The number of rotatable bonds is 6. The zero-order valence-electron chi connectivity index (χ0n) is 21.6. The van der Waals surface area contributed by atoms with E-state index in [2.05, 4.69) is 9.56 Å². The van der Waals surface area contributed by atoms with Gasteiger partial charge in [0.05, 0.1) is 22.4 Å². The van der Waals surface area contributed by atoms with Crippen molar-refractivity contribution in [3.63, 3.8) is 0 Å². The van der Waals surface area contributed by atoms with Gasteiger partial charge in [-0.1, -0.05) is 64.9 Å². The second kappa shape index (κ2) is 10.9. The minimum Gasteiger partial charge on any atom is -0.463 e. The number of nitrogens with zero attached hydrogens (tertiary/aromatic N) is 3. The molecular formula is C30H23Cl2N3O3S2. The predicted octanol–water partition coefficient (Wildman–Crippen LogP) is 6.17. The SMILES string of the molecule is CCOC(=O)C1=C(C)N=c2s/c(=C\c3cn(Cc4ccc(Cl)cc4Cl)c4ccccc34)c(=O)n2C1c1cccs1. The Labute approximate surface area is 247 Å². The van der Waals surface area contributed by atoms with E-state index in [1.54, 1.807) is 24.5 Å². The summed E-state index contributed by atoms with van der Waals surface area (Å²) in [6.45, 7) is 4.34. The van der Waals surface area contributed by atoms with Crippen molar-refractivity contribution in [2.75, 3.05) is 6.61 Å². The Morgan fingerprint density at radius 2 is 1.98 bits per heavy atom. The van der Waals surface area contributed by atoms with Crippen molar-refractivity contribution in [1.82, 2.24) is 9.13 Å². The van der Waals surface area contributed by atoms with Crippen LogP contribution in [-0.2, 0) is 16.1 Å². The molecule has 0 amide bonds. The zero-order chi connectivity index (χ0) is 28.0. The third-order valence-corrected chi connectivity index (χ3v) is 9.29. The maximum atomic E-state index is 13.9. The van der Waals surface area contributed by atoms with Gasteiger partial charge in [-0.15, -0.1) is 11.3 Å². The molecule has 0 saturated carbocycles. The number of ether oxygens (including phenoxy) is 1. The smallest absolute Gasteiger partial charge is 0.338 e. The predicted molar refractivity (Wildman–Crippen MR) is 162 cm³/mol. The van der Waals surface area contributed by atoms with Crippen LogP contribution in [0.4, 0.5) is 0 Å². The highest BCUT2D eigenvalue weighted by Gasteiger charge is 2.33. The molecule has 40 heavy (non-hydrogen) atoms. The standard InChI is InChI=1S/C30H23Cl2N3O3S2/c1-3-38-29(37)26-17(2)33-30-35(27(26)24-9-6-12-39-24)28(36)25(40-30)13-19-16-34(23-8-5-4-7-21(19)23)15-18-10-11-20(31)14-22(18)32/h4-14,16,27H,3,15H2,1-2H3/b25-13-. The summed E-state index contributed by atoms with van der Waals surface area (Å²) >= 11 is 15.4. The van der Waals surface area contributed by atoms with E-state index >= 15 is 0 Å². The number of hydrogen-bond donors (Lipinski definition) is 0. The lowest BCUT2D eigenvalue weighted by atomic mass is 10.0. The molecule has 1 unspecified atom stereocenters. The van der Waals surface area contributed by atoms with Crippen LogP contribution in [0.3, 0.4) is 0 Å². The number of halogens is 2. The molecule has 3 aromatic heterocycles. The highest BCUT2D eigenvalue weighted by Crippen LogP contribution is 2.33. The molecular weight excluding hydrogens is 585 g/mol. The van der Waals surface area contributed by atoms with Gasteiger partial charge in [0.15, 0.2) is 4.80 Å². The molecule has 2 aromatic carbocycles. The van der Waals surface area contributed by atoms with Gasteiger partial charge >= 0.3 is 5.97 Å². The lowest BCUT2D eigenvalue weighted by Gasteiger charge is -2.23. The van der Waals surface area contributed by atoms with Crippen LogP contribution in [0.15, 0.2) is 87.2 Å². The first-order chi connectivity index (χ1) is 19.4. The van der Waals surface area contributed by atoms with Crippen LogP contribution in [0.2, 0.25) is 10.0 Å². The summed E-state index contributed by atoms with van der Waals surface area (Å²) in [5, 5.41) is 4.13. The summed E-state index contributed by atoms with van der Waals surface area (Å²) in [4.78, 5) is 33.0. The summed E-state index contributed by atoms with van der Waals surface area (Å²) in [7, 11) is 0. The first kappa shape index (κ1) is 26.8. The fourth-order valence-corrected chi connectivity index (χ4v) is 7.33. The Bertz CT molecular complexity index is 1980. The quantitative estimate of drug-likeness (QED) is 0.217. The number of allylic oxidation sites excluding steroid dienone is 1. The van der Waals surface area contributed by atoms with Crippen LogP contribution in [0.25, 0.3) is 17.0 Å². The van der Waals surface area contributed by atoms with E-state index in [1.165, 1.54) is 22.7 Å². The number of carbonyl (C=O) groups excluding carboxylic acids is 1. The number of benzene rings is 2. The van der Waals surface area contributed by atoms with Gasteiger partial charge in [0.2, 0.25) is 0 Å². The van der Waals surface area contributed by atoms with Crippen molar-refractivity contribution in [2.24, 2.45) is 4.99 Å². The average Bonchev–Trinajstić information content (AvgIpc) is 3.65. The lowest BCUT2D eigenvalue weighted by molar-refractivity contribution is -0.139. The minimum absolute atomic E-state index is 0.200. The maximum absolute atomic E-state index is 13.9. The number of para-hydroxylation sites is 1. The molecule has 5 aromatic rings. The highest BCUT2D eigenvalue weighted by molar-refractivity contribution is 7.10. The molecule has 10 heteroatoms. The van der Waals surface area contributed by atoms with Crippen LogP contribution in [0, 0.1) is 0 Å². The first-order valence-electron chi connectivity index (χ1n) is 12.6.